The van der Waals surface area contributed by atoms with Crippen molar-refractivity contribution in [2.75, 3.05) is 26.7 Å². The highest BCUT2D eigenvalue weighted by molar-refractivity contribution is 14.0. The highest BCUT2D eigenvalue weighted by atomic mass is 127. The van der Waals surface area contributed by atoms with Gasteiger partial charge in [-0.1, -0.05) is 31.2 Å². The molecule has 148 valence electrons. The average Bonchev–Trinajstić information content (AvgIpc) is 3.19. The van der Waals surface area contributed by atoms with Gasteiger partial charge in [0.25, 0.3) is 5.91 Å². The van der Waals surface area contributed by atoms with Crippen LogP contribution in [-0.4, -0.2) is 43.8 Å². The van der Waals surface area contributed by atoms with Crippen LogP contribution in [0.25, 0.3) is 0 Å². The molecule has 0 aliphatic heterocycles. The van der Waals surface area contributed by atoms with Crippen LogP contribution in [0.15, 0.2) is 57.7 Å². The monoisotopic (exact) mass is 518 g/mol. The third kappa shape index (κ3) is 9.48. The molecule has 0 radical (unpaired) electrons. The van der Waals surface area contributed by atoms with Gasteiger partial charge in [-0.15, -0.1) is 47.1 Å². The van der Waals surface area contributed by atoms with E-state index in [1.54, 1.807) is 7.05 Å². The summed E-state index contributed by atoms with van der Waals surface area (Å²) in [6.45, 7) is 4.41. The molecule has 8 heteroatoms. The Bertz CT molecular complexity index is 680. The zero-order valence-electron chi connectivity index (χ0n) is 15.6. The quantitative estimate of drug-likeness (QED) is 0.155. The number of halogens is 1. The molecule has 0 saturated heterocycles. The van der Waals surface area contributed by atoms with Gasteiger partial charge in [0.05, 0.1) is 4.88 Å². The summed E-state index contributed by atoms with van der Waals surface area (Å²) >= 11 is 3.29. The highest BCUT2D eigenvalue weighted by Crippen LogP contribution is 2.21. The molecule has 1 atom stereocenters. The molecule has 1 amide bonds. The molecule has 0 aliphatic rings. The van der Waals surface area contributed by atoms with Crippen LogP contribution in [0.5, 0.6) is 0 Å². The molecule has 0 fully saturated rings. The van der Waals surface area contributed by atoms with Crippen molar-refractivity contribution in [1.29, 1.82) is 0 Å². The second-order valence-electron chi connectivity index (χ2n) is 5.71. The van der Waals surface area contributed by atoms with E-state index in [0.717, 1.165) is 30.3 Å². The van der Waals surface area contributed by atoms with Crippen molar-refractivity contribution in [2.45, 2.75) is 23.5 Å². The standard InChI is InChI=1S/C19H26N4OS2.HI/c1-15(26-16-8-4-3-5-9-16)14-23-19(20-2)22-12-7-11-21-18(24)17-10-6-13-25-17;/h3-6,8-10,13,15H,7,11-12,14H2,1-2H3,(H,21,24)(H2,20,22,23);1H. The van der Waals surface area contributed by atoms with Crippen molar-refractivity contribution in [3.8, 4) is 0 Å². The first kappa shape index (κ1) is 23.8. The lowest BCUT2D eigenvalue weighted by Gasteiger charge is -2.16. The predicted molar refractivity (Wildman–Crippen MR) is 128 cm³/mol. The first-order valence-electron chi connectivity index (χ1n) is 8.67. The van der Waals surface area contributed by atoms with Gasteiger partial charge in [0, 0.05) is 36.8 Å². The van der Waals surface area contributed by atoms with E-state index in [1.807, 2.05) is 35.3 Å². The molecule has 27 heavy (non-hydrogen) atoms. The molecule has 1 heterocycles. The van der Waals surface area contributed by atoms with Gasteiger partial charge in [-0.2, -0.15) is 0 Å². The number of hydrogen-bond acceptors (Lipinski definition) is 4. The molecule has 0 aliphatic carbocycles. The van der Waals surface area contributed by atoms with Gasteiger partial charge in [0.2, 0.25) is 0 Å². The number of carbonyl (C=O) groups is 1. The average molecular weight is 518 g/mol. The lowest BCUT2D eigenvalue weighted by atomic mass is 10.4. The van der Waals surface area contributed by atoms with E-state index >= 15 is 0 Å². The Morgan fingerprint density at radius 1 is 1.11 bits per heavy atom. The molecule has 1 aromatic carbocycles. The van der Waals surface area contributed by atoms with E-state index in [9.17, 15) is 4.79 Å². The van der Waals surface area contributed by atoms with Crippen molar-refractivity contribution < 1.29 is 4.79 Å². The third-order valence-electron chi connectivity index (χ3n) is 3.54. The van der Waals surface area contributed by atoms with E-state index in [2.05, 4.69) is 52.1 Å². The lowest BCUT2D eigenvalue weighted by molar-refractivity contribution is 0.0957. The van der Waals surface area contributed by atoms with Crippen LogP contribution < -0.4 is 16.0 Å². The number of amides is 1. The molecule has 3 N–H and O–H groups in total. The van der Waals surface area contributed by atoms with E-state index < -0.39 is 0 Å². The van der Waals surface area contributed by atoms with Crippen LogP contribution in [0.3, 0.4) is 0 Å². The fourth-order valence-electron chi connectivity index (χ4n) is 2.23. The van der Waals surface area contributed by atoms with Crippen LogP contribution in [0.4, 0.5) is 0 Å². The SMILES string of the molecule is CN=C(NCCCNC(=O)c1cccs1)NCC(C)Sc1ccccc1.I. The number of nitrogens with one attached hydrogen (secondary N) is 3. The number of nitrogens with zero attached hydrogens (tertiary/aromatic N) is 1. The maximum atomic E-state index is 11.8. The minimum Gasteiger partial charge on any atom is -0.356 e. The topological polar surface area (TPSA) is 65.5 Å². The van der Waals surface area contributed by atoms with Crippen LogP contribution in [0.1, 0.15) is 23.0 Å². The van der Waals surface area contributed by atoms with Crippen LogP contribution in [0.2, 0.25) is 0 Å². The fourth-order valence-corrected chi connectivity index (χ4v) is 3.81. The number of thioether (sulfide) groups is 1. The van der Waals surface area contributed by atoms with Crippen LogP contribution in [0, 0.1) is 0 Å². The normalized spacial score (nSPS) is 12.0. The van der Waals surface area contributed by atoms with Gasteiger partial charge in [0.1, 0.15) is 0 Å². The first-order chi connectivity index (χ1) is 12.7. The Hall–Kier alpha value is -1.26. The second-order valence-corrected chi connectivity index (χ2v) is 8.17. The summed E-state index contributed by atoms with van der Waals surface area (Å²) in [6.07, 6.45) is 0.839. The number of thiophene rings is 1. The Kier molecular flexibility index (Phi) is 12.2. The molecular weight excluding hydrogens is 491 g/mol. The molecule has 1 unspecified atom stereocenters. The van der Waals surface area contributed by atoms with Gasteiger partial charge in [-0.25, -0.2) is 0 Å². The van der Waals surface area contributed by atoms with E-state index in [0.29, 0.717) is 11.8 Å². The van der Waals surface area contributed by atoms with Crippen molar-refractivity contribution in [1.82, 2.24) is 16.0 Å². The molecule has 0 bridgehead atoms. The number of hydrogen-bond donors (Lipinski definition) is 3. The zero-order valence-corrected chi connectivity index (χ0v) is 19.6. The molecule has 1 aromatic heterocycles. The number of rotatable bonds is 9. The Balaban J connectivity index is 0.00000364. The zero-order chi connectivity index (χ0) is 18.6. The van der Waals surface area contributed by atoms with Crippen molar-refractivity contribution in [2.24, 2.45) is 4.99 Å². The van der Waals surface area contributed by atoms with E-state index in [1.165, 1.54) is 16.2 Å². The second kappa shape index (κ2) is 13.8. The van der Waals surface area contributed by atoms with Crippen LogP contribution in [-0.2, 0) is 0 Å². The van der Waals surface area contributed by atoms with Crippen LogP contribution >= 0.6 is 47.1 Å². The first-order valence-corrected chi connectivity index (χ1v) is 10.4. The Morgan fingerprint density at radius 2 is 1.85 bits per heavy atom. The largest absolute Gasteiger partial charge is 0.356 e. The molecule has 0 spiro atoms. The molecule has 2 rings (SSSR count). The Morgan fingerprint density at radius 3 is 2.52 bits per heavy atom. The molecular formula is C19H27IN4OS2. The smallest absolute Gasteiger partial charge is 0.261 e. The minimum atomic E-state index is -0.00531. The molecule has 2 aromatic rings. The van der Waals surface area contributed by atoms with Gasteiger partial charge < -0.3 is 16.0 Å². The predicted octanol–water partition coefficient (Wildman–Crippen LogP) is 3.83. The summed E-state index contributed by atoms with van der Waals surface area (Å²) in [5.74, 6) is 0.782. The number of aliphatic imine (C=N–C) groups is 1. The highest BCUT2D eigenvalue weighted by Gasteiger charge is 2.06. The molecule has 5 nitrogen and oxygen atoms in total. The maximum absolute atomic E-state index is 11.8. The number of carbonyl (C=O) groups excluding carboxylic acids is 1. The molecule has 0 saturated carbocycles. The van der Waals surface area contributed by atoms with E-state index in [-0.39, 0.29) is 29.9 Å². The number of guanidine groups is 1. The van der Waals surface area contributed by atoms with Crippen molar-refractivity contribution >= 4 is 58.9 Å². The lowest BCUT2D eigenvalue weighted by Crippen LogP contribution is -2.41. The number of benzene rings is 1. The third-order valence-corrected chi connectivity index (χ3v) is 5.52. The van der Waals surface area contributed by atoms with Crippen molar-refractivity contribution in [3.05, 3.63) is 52.7 Å². The summed E-state index contributed by atoms with van der Waals surface area (Å²) in [5, 5.41) is 11.9. The van der Waals surface area contributed by atoms with Gasteiger partial charge in [-0.05, 0) is 30.0 Å². The Labute approximate surface area is 186 Å². The maximum Gasteiger partial charge on any atom is 0.261 e. The summed E-state index contributed by atoms with van der Waals surface area (Å²) in [5.41, 5.74) is 0. The van der Waals surface area contributed by atoms with Gasteiger partial charge in [-0.3, -0.25) is 9.79 Å². The summed E-state index contributed by atoms with van der Waals surface area (Å²) in [6, 6.07) is 14.1. The van der Waals surface area contributed by atoms with Gasteiger partial charge >= 0.3 is 0 Å². The summed E-state index contributed by atoms with van der Waals surface area (Å²) in [4.78, 5) is 18.1. The van der Waals surface area contributed by atoms with Gasteiger partial charge in [0.15, 0.2) is 5.96 Å². The van der Waals surface area contributed by atoms with E-state index in [4.69, 9.17) is 0 Å². The van der Waals surface area contributed by atoms with Crippen molar-refractivity contribution in [3.63, 3.8) is 0 Å². The summed E-state index contributed by atoms with van der Waals surface area (Å²) in [7, 11) is 1.77. The fraction of sp³-hybridized carbons (Fsp3) is 0.368. The minimum absolute atomic E-state index is 0. The summed E-state index contributed by atoms with van der Waals surface area (Å²) < 4.78 is 0.